The zero-order chi connectivity index (χ0) is 28.9. The number of aromatic nitrogens is 3. The SMILES string of the molecule is Cc1cc2cc(n1)-c1cnn(C)c1OCCCC(C1CC1)CN1/C(=N/C2=O)Nc2cc(NC(C)C(F)(F)F)ccc21. The Hall–Kier alpha value is -4.09. The van der Waals surface area contributed by atoms with E-state index in [4.69, 9.17) is 4.74 Å². The first-order valence-electron chi connectivity index (χ1n) is 13.9. The Morgan fingerprint density at radius 2 is 1.95 bits per heavy atom. The van der Waals surface area contributed by atoms with Gasteiger partial charge in [-0.1, -0.05) is 0 Å². The summed E-state index contributed by atoms with van der Waals surface area (Å²) in [5.74, 6) is 1.41. The molecule has 6 rings (SSSR count). The van der Waals surface area contributed by atoms with Crippen LogP contribution >= 0.6 is 0 Å². The van der Waals surface area contributed by atoms with Crippen LogP contribution in [-0.4, -0.2) is 52.0 Å². The van der Waals surface area contributed by atoms with Crippen LogP contribution in [0.25, 0.3) is 11.3 Å². The molecule has 2 aromatic heterocycles. The lowest BCUT2D eigenvalue weighted by molar-refractivity contribution is -0.138. The molecule has 2 aliphatic heterocycles. The molecule has 41 heavy (non-hydrogen) atoms. The smallest absolute Gasteiger partial charge is 0.408 e. The van der Waals surface area contributed by atoms with E-state index >= 15 is 0 Å². The van der Waals surface area contributed by atoms with Crippen LogP contribution in [0.5, 0.6) is 5.88 Å². The highest BCUT2D eigenvalue weighted by Crippen LogP contribution is 2.43. The maximum absolute atomic E-state index is 13.6. The second-order valence-electron chi connectivity index (χ2n) is 11.1. The number of fused-ring (bicyclic) bond motifs is 7. The molecule has 2 unspecified atom stereocenters. The van der Waals surface area contributed by atoms with E-state index in [-0.39, 0.29) is 0 Å². The first-order valence-corrected chi connectivity index (χ1v) is 13.9. The predicted octanol–water partition coefficient (Wildman–Crippen LogP) is 5.78. The number of benzene rings is 1. The number of alkyl halides is 3. The van der Waals surface area contributed by atoms with Gasteiger partial charge in [0.2, 0.25) is 11.8 Å². The number of aryl methyl sites for hydroxylation is 2. The van der Waals surface area contributed by atoms with Gasteiger partial charge in [-0.15, -0.1) is 0 Å². The summed E-state index contributed by atoms with van der Waals surface area (Å²) in [5, 5.41) is 10.1. The zero-order valence-electron chi connectivity index (χ0n) is 23.1. The number of nitrogens with one attached hydrogen (secondary N) is 2. The second-order valence-corrected chi connectivity index (χ2v) is 11.1. The molecule has 1 aromatic carbocycles. The number of hydrogen-bond donors (Lipinski definition) is 2. The molecule has 3 aliphatic rings. The van der Waals surface area contributed by atoms with Gasteiger partial charge in [0.15, 0.2) is 0 Å². The molecule has 0 radical (unpaired) electrons. The molecule has 1 aliphatic carbocycles. The Kier molecular flexibility index (Phi) is 6.87. The van der Waals surface area contributed by atoms with Gasteiger partial charge in [0.1, 0.15) is 6.04 Å². The molecule has 1 fully saturated rings. The average molecular weight is 568 g/mol. The number of aliphatic imine (C=N–C) groups is 1. The molecular formula is C29H32F3N7O2. The summed E-state index contributed by atoms with van der Waals surface area (Å²) in [6.07, 6.45) is 1.34. The molecule has 2 N–H and O–H groups in total. The Morgan fingerprint density at radius 1 is 1.15 bits per heavy atom. The molecule has 9 nitrogen and oxygen atoms in total. The lowest BCUT2D eigenvalue weighted by Gasteiger charge is -2.26. The number of pyridine rings is 1. The summed E-state index contributed by atoms with van der Waals surface area (Å²) in [6.45, 7) is 4.03. The predicted molar refractivity (Wildman–Crippen MR) is 150 cm³/mol. The van der Waals surface area contributed by atoms with E-state index < -0.39 is 18.1 Å². The van der Waals surface area contributed by atoms with Gasteiger partial charge < -0.3 is 20.3 Å². The second kappa shape index (κ2) is 10.4. The number of nitrogens with zero attached hydrogens (tertiary/aromatic N) is 5. The molecule has 2 bridgehead atoms. The fraction of sp³-hybridized carbons (Fsp3) is 0.448. The minimum Gasteiger partial charge on any atom is -0.477 e. The standard InChI is InChI=1S/C29H32F3N7O2/c1-16-11-20-12-23(34-16)22-14-33-38(3)27(22)41-10-4-5-19(18-6-7-18)15-39-25-9-8-21(35-17(2)29(30,31)32)13-24(25)36-28(39)37-26(20)40/h8-9,11-14,17-19,35H,4-7,10,15H2,1-3H3,(H,36,37,40). The molecule has 3 aromatic rings. The van der Waals surface area contributed by atoms with Gasteiger partial charge in [-0.2, -0.15) is 23.3 Å². The van der Waals surface area contributed by atoms with Crippen molar-refractivity contribution in [1.82, 2.24) is 14.8 Å². The third-order valence-corrected chi connectivity index (χ3v) is 7.90. The van der Waals surface area contributed by atoms with Gasteiger partial charge in [0, 0.05) is 30.5 Å². The van der Waals surface area contributed by atoms with Crippen LogP contribution in [0, 0.1) is 18.8 Å². The van der Waals surface area contributed by atoms with Crippen LogP contribution < -0.4 is 20.3 Å². The summed E-state index contributed by atoms with van der Waals surface area (Å²) in [4.78, 5) is 24.7. The van der Waals surface area contributed by atoms with E-state index in [0.29, 0.717) is 70.7 Å². The number of rotatable bonds is 3. The summed E-state index contributed by atoms with van der Waals surface area (Å²) >= 11 is 0. The van der Waals surface area contributed by atoms with Crippen LogP contribution in [0.4, 0.5) is 30.2 Å². The van der Waals surface area contributed by atoms with Crippen molar-refractivity contribution in [3.8, 4) is 17.1 Å². The van der Waals surface area contributed by atoms with Crippen molar-refractivity contribution < 1.29 is 22.7 Å². The van der Waals surface area contributed by atoms with Gasteiger partial charge >= 0.3 is 6.18 Å². The molecule has 12 heteroatoms. The van der Waals surface area contributed by atoms with Gasteiger partial charge in [-0.05, 0) is 81.7 Å². The zero-order valence-corrected chi connectivity index (χ0v) is 23.1. The summed E-state index contributed by atoms with van der Waals surface area (Å²) < 4.78 is 47.4. The van der Waals surface area contributed by atoms with Crippen LogP contribution in [0.15, 0.2) is 41.5 Å². The number of guanidine groups is 1. The molecule has 1 saturated carbocycles. The Balaban J connectivity index is 1.39. The van der Waals surface area contributed by atoms with E-state index in [0.717, 1.165) is 38.3 Å². The highest BCUT2D eigenvalue weighted by atomic mass is 19.4. The molecule has 0 spiro atoms. The maximum atomic E-state index is 13.6. The third kappa shape index (κ3) is 5.59. The number of anilines is 3. The van der Waals surface area contributed by atoms with Crippen LogP contribution in [0.1, 0.15) is 48.7 Å². The lowest BCUT2D eigenvalue weighted by atomic mass is 9.97. The van der Waals surface area contributed by atoms with Gasteiger partial charge in [0.25, 0.3) is 5.91 Å². The highest BCUT2D eigenvalue weighted by Gasteiger charge is 2.38. The first-order chi connectivity index (χ1) is 19.6. The largest absolute Gasteiger partial charge is 0.477 e. The van der Waals surface area contributed by atoms with Gasteiger partial charge in [-0.3, -0.25) is 9.78 Å². The monoisotopic (exact) mass is 567 g/mol. The van der Waals surface area contributed by atoms with Crippen molar-refractivity contribution in [3.05, 3.63) is 47.8 Å². The molecule has 4 heterocycles. The Bertz CT molecular complexity index is 1510. The number of halogens is 3. The van der Waals surface area contributed by atoms with E-state index in [2.05, 4.69) is 25.7 Å². The van der Waals surface area contributed by atoms with Crippen LogP contribution in [-0.2, 0) is 7.05 Å². The molecular weight excluding hydrogens is 535 g/mol. The van der Waals surface area contributed by atoms with Crippen LogP contribution in [0.3, 0.4) is 0 Å². The Labute approximate surface area is 235 Å². The van der Waals surface area contributed by atoms with E-state index in [1.54, 1.807) is 41.2 Å². The van der Waals surface area contributed by atoms with E-state index in [1.807, 2.05) is 18.9 Å². The van der Waals surface area contributed by atoms with Crippen molar-refractivity contribution in [3.63, 3.8) is 0 Å². The molecule has 2 atom stereocenters. The normalized spacial score (nSPS) is 21.2. The van der Waals surface area contributed by atoms with E-state index in [1.165, 1.54) is 0 Å². The number of amides is 1. The van der Waals surface area contributed by atoms with E-state index in [9.17, 15) is 18.0 Å². The quantitative estimate of drug-likeness (QED) is 0.414. The number of carbonyl (C=O) groups excluding carboxylic acids is 1. The lowest BCUT2D eigenvalue weighted by Crippen LogP contribution is -2.36. The minimum absolute atomic E-state index is 0.327. The minimum atomic E-state index is -4.38. The number of hydrogen-bond acceptors (Lipinski definition) is 7. The topological polar surface area (TPSA) is 96.7 Å². The fourth-order valence-corrected chi connectivity index (χ4v) is 5.52. The van der Waals surface area contributed by atoms with Crippen molar-refractivity contribution in [2.75, 3.05) is 28.7 Å². The first kappa shape index (κ1) is 27.1. The van der Waals surface area contributed by atoms with Crippen molar-refractivity contribution >= 4 is 28.9 Å². The number of carbonyl (C=O) groups is 1. The Morgan fingerprint density at radius 3 is 2.71 bits per heavy atom. The summed E-state index contributed by atoms with van der Waals surface area (Å²) in [7, 11) is 1.82. The fourth-order valence-electron chi connectivity index (χ4n) is 5.52. The van der Waals surface area contributed by atoms with Crippen LogP contribution in [0.2, 0.25) is 0 Å². The maximum Gasteiger partial charge on any atom is 0.408 e. The number of ether oxygens (including phenoxy) is 1. The molecule has 0 saturated heterocycles. The average Bonchev–Trinajstić information content (AvgIpc) is 3.62. The molecule has 1 amide bonds. The van der Waals surface area contributed by atoms with Crippen molar-refractivity contribution in [2.24, 2.45) is 23.9 Å². The summed E-state index contributed by atoms with van der Waals surface area (Å²) in [6, 6.07) is 6.70. The van der Waals surface area contributed by atoms with Crippen molar-refractivity contribution in [1.29, 1.82) is 0 Å². The van der Waals surface area contributed by atoms with Gasteiger partial charge in [-0.25, -0.2) is 4.68 Å². The van der Waals surface area contributed by atoms with Crippen molar-refractivity contribution in [2.45, 2.75) is 51.7 Å². The van der Waals surface area contributed by atoms with Gasteiger partial charge in [0.05, 0.1) is 35.4 Å². The summed E-state index contributed by atoms with van der Waals surface area (Å²) in [5.41, 5.74) is 3.98. The highest BCUT2D eigenvalue weighted by molar-refractivity contribution is 6.19. The third-order valence-electron chi connectivity index (χ3n) is 7.90. The molecule has 216 valence electrons.